The summed E-state index contributed by atoms with van der Waals surface area (Å²) >= 11 is 5.93. The van der Waals surface area contributed by atoms with Crippen LogP contribution in [0.2, 0.25) is 5.02 Å². The van der Waals surface area contributed by atoms with E-state index < -0.39 is 6.04 Å². The van der Waals surface area contributed by atoms with Crippen molar-refractivity contribution in [2.24, 2.45) is 0 Å². The maximum atomic E-state index is 13.5. The number of hydrogen-bond acceptors (Lipinski definition) is 3. The molecule has 1 N–H and O–H groups in total. The quantitative estimate of drug-likeness (QED) is 0.270. The molecule has 0 radical (unpaired) electrons. The molecule has 0 aliphatic rings. The second-order valence-corrected chi connectivity index (χ2v) is 9.20. The summed E-state index contributed by atoms with van der Waals surface area (Å²) in [5.41, 5.74) is 2.01. The third-order valence-corrected chi connectivity index (χ3v) is 6.17. The van der Waals surface area contributed by atoms with Crippen LogP contribution in [0.5, 0.6) is 5.75 Å². The topological polar surface area (TPSA) is 58.6 Å². The van der Waals surface area contributed by atoms with Crippen molar-refractivity contribution in [2.75, 3.05) is 13.2 Å². The van der Waals surface area contributed by atoms with Crippen LogP contribution in [0.15, 0.2) is 84.9 Å². The van der Waals surface area contributed by atoms with Gasteiger partial charge in [-0.15, -0.1) is 0 Å². The summed E-state index contributed by atoms with van der Waals surface area (Å²) in [5.74, 6) is 0.532. The summed E-state index contributed by atoms with van der Waals surface area (Å²) in [7, 11) is 0. The van der Waals surface area contributed by atoms with Crippen LogP contribution >= 0.6 is 11.6 Å². The van der Waals surface area contributed by atoms with Gasteiger partial charge >= 0.3 is 0 Å². The zero-order valence-corrected chi connectivity index (χ0v) is 21.6. The Kier molecular flexibility index (Phi) is 11.3. The average molecular weight is 507 g/mol. The number of nitrogens with zero attached hydrogens (tertiary/aromatic N) is 1. The van der Waals surface area contributed by atoms with E-state index in [1.807, 2.05) is 72.8 Å². The van der Waals surface area contributed by atoms with Crippen molar-refractivity contribution in [3.8, 4) is 5.75 Å². The molecule has 0 aromatic heterocycles. The van der Waals surface area contributed by atoms with Crippen LogP contribution in [0.25, 0.3) is 0 Å². The minimum atomic E-state index is -0.603. The number of unbranched alkanes of at least 4 members (excludes halogenated alkanes) is 1. The molecule has 3 rings (SSSR count). The van der Waals surface area contributed by atoms with E-state index in [1.165, 1.54) is 0 Å². The van der Waals surface area contributed by atoms with E-state index in [0.29, 0.717) is 43.3 Å². The van der Waals surface area contributed by atoms with Crippen molar-refractivity contribution in [3.63, 3.8) is 0 Å². The monoisotopic (exact) mass is 506 g/mol. The molecule has 0 saturated carbocycles. The van der Waals surface area contributed by atoms with Crippen LogP contribution < -0.4 is 10.1 Å². The standard InChI is InChI=1S/C30H35ClN2O3/c1-2-3-20-32-30(35)28(22-24-11-6-4-7-12-24)33(23-25-13-8-5-9-14-25)29(34)15-10-21-36-27-18-16-26(31)17-19-27/h4-9,11-14,16-19,28H,2-3,10,15,20-23H2,1H3,(H,32,35)/t28-/m1/s1. The summed E-state index contributed by atoms with van der Waals surface area (Å²) in [5, 5.41) is 3.70. The normalized spacial score (nSPS) is 11.5. The Hall–Kier alpha value is -3.31. The molecule has 0 saturated heterocycles. The number of nitrogens with one attached hydrogen (secondary N) is 1. The number of ether oxygens (including phenoxy) is 1. The average Bonchev–Trinajstić information content (AvgIpc) is 2.91. The molecule has 3 aromatic rings. The van der Waals surface area contributed by atoms with E-state index in [4.69, 9.17) is 16.3 Å². The smallest absolute Gasteiger partial charge is 0.243 e. The molecular weight excluding hydrogens is 472 g/mol. The van der Waals surface area contributed by atoms with Crippen LogP contribution in [-0.4, -0.2) is 35.9 Å². The van der Waals surface area contributed by atoms with Gasteiger partial charge in [-0.2, -0.15) is 0 Å². The van der Waals surface area contributed by atoms with E-state index in [2.05, 4.69) is 12.2 Å². The number of rotatable bonds is 14. The fraction of sp³-hybridized carbons (Fsp3) is 0.333. The molecule has 1 atom stereocenters. The summed E-state index contributed by atoms with van der Waals surface area (Å²) in [6.07, 6.45) is 3.18. The first-order valence-corrected chi connectivity index (χ1v) is 13.0. The van der Waals surface area contributed by atoms with Crippen molar-refractivity contribution in [1.82, 2.24) is 10.2 Å². The van der Waals surface area contributed by atoms with Crippen LogP contribution in [-0.2, 0) is 22.6 Å². The second kappa shape index (κ2) is 14.9. The van der Waals surface area contributed by atoms with Crippen molar-refractivity contribution in [2.45, 2.75) is 51.6 Å². The molecule has 0 aliphatic heterocycles. The summed E-state index contributed by atoms with van der Waals surface area (Å²) < 4.78 is 5.77. The van der Waals surface area contributed by atoms with E-state index in [9.17, 15) is 9.59 Å². The highest BCUT2D eigenvalue weighted by molar-refractivity contribution is 6.30. The van der Waals surface area contributed by atoms with Gasteiger partial charge in [0.2, 0.25) is 11.8 Å². The van der Waals surface area contributed by atoms with E-state index >= 15 is 0 Å². The Morgan fingerprint density at radius 3 is 2.17 bits per heavy atom. The van der Waals surface area contributed by atoms with Gasteiger partial charge in [0.05, 0.1) is 6.61 Å². The molecule has 190 valence electrons. The lowest BCUT2D eigenvalue weighted by atomic mass is 10.0. The van der Waals surface area contributed by atoms with Crippen molar-refractivity contribution in [1.29, 1.82) is 0 Å². The van der Waals surface area contributed by atoms with Gasteiger partial charge in [0.25, 0.3) is 0 Å². The lowest BCUT2D eigenvalue weighted by Gasteiger charge is -2.31. The predicted molar refractivity (Wildman–Crippen MR) is 145 cm³/mol. The van der Waals surface area contributed by atoms with Gasteiger partial charge in [-0.05, 0) is 48.2 Å². The Bertz CT molecular complexity index is 1060. The first kappa shape index (κ1) is 27.3. The molecule has 36 heavy (non-hydrogen) atoms. The van der Waals surface area contributed by atoms with Gasteiger partial charge in [0.15, 0.2) is 0 Å². The van der Waals surface area contributed by atoms with Crippen LogP contribution in [0.1, 0.15) is 43.7 Å². The molecule has 6 heteroatoms. The third kappa shape index (κ3) is 9.04. The minimum absolute atomic E-state index is 0.0647. The van der Waals surface area contributed by atoms with Crippen LogP contribution in [0.3, 0.4) is 0 Å². The Balaban J connectivity index is 1.74. The van der Waals surface area contributed by atoms with Gasteiger partial charge < -0.3 is 15.0 Å². The highest BCUT2D eigenvalue weighted by Gasteiger charge is 2.30. The lowest BCUT2D eigenvalue weighted by Crippen LogP contribution is -2.50. The summed E-state index contributed by atoms with van der Waals surface area (Å²) in [4.78, 5) is 28.6. The van der Waals surface area contributed by atoms with Crippen molar-refractivity contribution < 1.29 is 14.3 Å². The highest BCUT2D eigenvalue weighted by Crippen LogP contribution is 2.18. The Labute approximate surface area is 219 Å². The number of carbonyl (C=O) groups is 2. The SMILES string of the molecule is CCCCNC(=O)[C@@H](Cc1ccccc1)N(Cc1ccccc1)C(=O)CCCOc1ccc(Cl)cc1. The van der Waals surface area contributed by atoms with E-state index in [-0.39, 0.29) is 18.2 Å². The number of halogens is 1. The first-order chi connectivity index (χ1) is 17.6. The molecule has 0 bridgehead atoms. The molecule has 5 nitrogen and oxygen atoms in total. The van der Waals surface area contributed by atoms with Gasteiger partial charge in [-0.25, -0.2) is 0 Å². The Morgan fingerprint density at radius 2 is 1.53 bits per heavy atom. The second-order valence-electron chi connectivity index (χ2n) is 8.76. The van der Waals surface area contributed by atoms with E-state index in [0.717, 1.165) is 24.0 Å². The largest absolute Gasteiger partial charge is 0.494 e. The minimum Gasteiger partial charge on any atom is -0.494 e. The number of amides is 2. The molecule has 0 heterocycles. The molecule has 0 spiro atoms. The van der Waals surface area contributed by atoms with Gasteiger partial charge in [0.1, 0.15) is 11.8 Å². The van der Waals surface area contributed by atoms with Crippen molar-refractivity contribution >= 4 is 23.4 Å². The summed E-state index contributed by atoms with van der Waals surface area (Å²) in [6.45, 7) is 3.46. The van der Waals surface area contributed by atoms with Crippen molar-refractivity contribution in [3.05, 3.63) is 101 Å². The number of benzene rings is 3. The first-order valence-electron chi connectivity index (χ1n) is 12.6. The van der Waals surface area contributed by atoms with Gasteiger partial charge in [0, 0.05) is 31.0 Å². The predicted octanol–water partition coefficient (Wildman–Crippen LogP) is 6.06. The fourth-order valence-corrected chi connectivity index (χ4v) is 4.05. The number of hydrogen-bond donors (Lipinski definition) is 1. The summed E-state index contributed by atoms with van der Waals surface area (Å²) in [6, 6.07) is 26.2. The molecule has 3 aromatic carbocycles. The zero-order chi connectivity index (χ0) is 25.6. The third-order valence-electron chi connectivity index (χ3n) is 5.91. The zero-order valence-electron chi connectivity index (χ0n) is 20.9. The molecule has 0 unspecified atom stereocenters. The Morgan fingerprint density at radius 1 is 0.889 bits per heavy atom. The molecule has 2 amide bonds. The molecule has 0 fully saturated rings. The van der Waals surface area contributed by atoms with Gasteiger partial charge in [-0.3, -0.25) is 9.59 Å². The maximum Gasteiger partial charge on any atom is 0.243 e. The van der Waals surface area contributed by atoms with Gasteiger partial charge in [-0.1, -0.05) is 85.6 Å². The fourth-order valence-electron chi connectivity index (χ4n) is 3.93. The number of carbonyl (C=O) groups excluding carboxylic acids is 2. The van der Waals surface area contributed by atoms with Crippen LogP contribution in [0.4, 0.5) is 0 Å². The molecule has 0 aliphatic carbocycles. The van der Waals surface area contributed by atoms with E-state index in [1.54, 1.807) is 17.0 Å². The molecular formula is C30H35ClN2O3. The maximum absolute atomic E-state index is 13.5. The highest BCUT2D eigenvalue weighted by atomic mass is 35.5. The van der Waals surface area contributed by atoms with Crippen LogP contribution in [0, 0.1) is 0 Å². The lowest BCUT2D eigenvalue weighted by molar-refractivity contribution is -0.141.